The number of sulfonamides is 1. The van der Waals surface area contributed by atoms with E-state index < -0.39 is 16.1 Å². The van der Waals surface area contributed by atoms with Crippen LogP contribution in [0, 0.1) is 6.92 Å². The van der Waals surface area contributed by atoms with Crippen molar-refractivity contribution in [3.8, 4) is 11.5 Å². The van der Waals surface area contributed by atoms with Crippen molar-refractivity contribution in [2.24, 2.45) is 0 Å². The number of fused-ring (bicyclic) bond motifs is 1. The van der Waals surface area contributed by atoms with Gasteiger partial charge in [0.05, 0.1) is 19.1 Å². The number of aryl methyl sites for hydroxylation is 1. The highest BCUT2D eigenvalue weighted by Gasteiger charge is 2.40. The minimum Gasteiger partial charge on any atom is -0.493 e. The van der Waals surface area contributed by atoms with Crippen molar-refractivity contribution < 1.29 is 22.7 Å². The highest BCUT2D eigenvalue weighted by Crippen LogP contribution is 2.34. The smallest absolute Gasteiger partial charge is 0.244 e. The van der Waals surface area contributed by atoms with Gasteiger partial charge in [-0.1, -0.05) is 36.4 Å². The Kier molecular flexibility index (Phi) is 6.40. The topological polar surface area (TPSA) is 84.9 Å². The number of nitrogens with zero attached hydrogens (tertiary/aromatic N) is 1. The summed E-state index contributed by atoms with van der Waals surface area (Å²) in [6, 6.07) is 18.5. The maximum absolute atomic E-state index is 13.7. The number of amides is 1. The first-order chi connectivity index (χ1) is 15.8. The third kappa shape index (κ3) is 4.58. The average Bonchev–Trinajstić information content (AvgIpc) is 2.82. The summed E-state index contributed by atoms with van der Waals surface area (Å²) in [5.41, 5.74) is 3.46. The van der Waals surface area contributed by atoms with E-state index in [0.717, 1.165) is 16.7 Å². The number of hydrogen-bond donors (Lipinski definition) is 1. The summed E-state index contributed by atoms with van der Waals surface area (Å²) in [6.07, 6.45) is 0.278. The van der Waals surface area contributed by atoms with Crippen LogP contribution in [0.5, 0.6) is 11.5 Å². The number of nitrogens with one attached hydrogen (secondary N) is 1. The highest BCUT2D eigenvalue weighted by molar-refractivity contribution is 7.89. The van der Waals surface area contributed by atoms with E-state index in [1.54, 1.807) is 12.1 Å². The molecule has 0 radical (unpaired) electrons. The number of hydrogen-bond acceptors (Lipinski definition) is 5. The van der Waals surface area contributed by atoms with Gasteiger partial charge in [0.1, 0.15) is 6.04 Å². The van der Waals surface area contributed by atoms with E-state index in [2.05, 4.69) is 5.32 Å². The minimum atomic E-state index is -4.02. The zero-order valence-corrected chi connectivity index (χ0v) is 19.6. The van der Waals surface area contributed by atoms with E-state index in [-0.39, 0.29) is 23.8 Å². The Morgan fingerprint density at radius 2 is 1.67 bits per heavy atom. The molecule has 0 bridgehead atoms. The second-order valence-electron chi connectivity index (χ2n) is 7.91. The molecule has 0 spiro atoms. The van der Waals surface area contributed by atoms with Gasteiger partial charge < -0.3 is 14.8 Å². The molecule has 1 aliphatic heterocycles. The molecule has 0 aromatic heterocycles. The number of rotatable bonds is 6. The molecule has 1 heterocycles. The molecule has 1 aliphatic rings. The average molecular weight is 467 g/mol. The van der Waals surface area contributed by atoms with Gasteiger partial charge in [-0.25, -0.2) is 8.42 Å². The number of anilines is 1. The highest BCUT2D eigenvalue weighted by atomic mass is 32.2. The molecule has 33 heavy (non-hydrogen) atoms. The van der Waals surface area contributed by atoms with Crippen LogP contribution in [-0.2, 0) is 27.8 Å². The fourth-order valence-electron chi connectivity index (χ4n) is 4.04. The number of benzene rings is 3. The van der Waals surface area contributed by atoms with Gasteiger partial charge in [0.25, 0.3) is 0 Å². The first kappa shape index (κ1) is 22.8. The number of carbonyl (C=O) groups excluding carboxylic acids is 1. The predicted octanol–water partition coefficient (Wildman–Crippen LogP) is 3.77. The third-order valence-electron chi connectivity index (χ3n) is 5.76. The Morgan fingerprint density at radius 3 is 2.36 bits per heavy atom. The molecule has 4 rings (SSSR count). The quantitative estimate of drug-likeness (QED) is 0.598. The summed E-state index contributed by atoms with van der Waals surface area (Å²) in [7, 11) is -1.09. The Labute approximate surface area is 194 Å². The van der Waals surface area contributed by atoms with Crippen molar-refractivity contribution in [2.45, 2.75) is 30.8 Å². The molecular weight excluding hydrogens is 440 g/mol. The van der Waals surface area contributed by atoms with Crippen molar-refractivity contribution in [1.29, 1.82) is 0 Å². The Bertz CT molecular complexity index is 1290. The predicted molar refractivity (Wildman–Crippen MR) is 126 cm³/mol. The van der Waals surface area contributed by atoms with Crippen LogP contribution in [0.25, 0.3) is 0 Å². The van der Waals surface area contributed by atoms with Gasteiger partial charge in [0, 0.05) is 18.3 Å². The number of ether oxygens (including phenoxy) is 2. The lowest BCUT2D eigenvalue weighted by molar-refractivity contribution is -0.120. The molecule has 172 valence electrons. The standard InChI is InChI=1S/C25H26N2O5S/c1-17-7-6-10-20(13-17)26-25(28)22-14-18-8-4-5-9-19(18)16-27(22)33(29,30)21-11-12-23(31-2)24(15-21)32-3/h4-13,15,22H,14,16H2,1-3H3,(H,26,28)/t22-/m1/s1. The lowest BCUT2D eigenvalue weighted by atomic mass is 9.95. The van der Waals surface area contributed by atoms with E-state index in [0.29, 0.717) is 17.2 Å². The maximum Gasteiger partial charge on any atom is 0.244 e. The molecular formula is C25H26N2O5S. The van der Waals surface area contributed by atoms with Crippen LogP contribution in [0.3, 0.4) is 0 Å². The van der Waals surface area contributed by atoms with Gasteiger partial charge in [-0.15, -0.1) is 0 Å². The minimum absolute atomic E-state index is 0.0351. The molecule has 0 saturated heterocycles. The largest absolute Gasteiger partial charge is 0.493 e. The molecule has 0 unspecified atom stereocenters. The Balaban J connectivity index is 1.73. The van der Waals surface area contributed by atoms with Crippen molar-refractivity contribution in [1.82, 2.24) is 4.31 Å². The zero-order valence-electron chi connectivity index (χ0n) is 18.7. The molecule has 7 nitrogen and oxygen atoms in total. The summed E-state index contributed by atoms with van der Waals surface area (Å²) < 4.78 is 39.3. The van der Waals surface area contributed by atoms with Gasteiger partial charge in [-0.05, 0) is 54.3 Å². The van der Waals surface area contributed by atoms with Gasteiger partial charge in [0.15, 0.2) is 11.5 Å². The van der Waals surface area contributed by atoms with Crippen molar-refractivity contribution in [3.05, 3.63) is 83.4 Å². The van der Waals surface area contributed by atoms with Gasteiger partial charge in [-0.3, -0.25) is 4.79 Å². The molecule has 8 heteroatoms. The molecule has 1 atom stereocenters. The summed E-state index contributed by atoms with van der Waals surface area (Å²) in [5, 5.41) is 2.89. The first-order valence-corrected chi connectivity index (χ1v) is 12.0. The van der Waals surface area contributed by atoms with E-state index in [9.17, 15) is 13.2 Å². The normalized spacial score (nSPS) is 16.0. The molecule has 0 saturated carbocycles. The molecule has 3 aromatic carbocycles. The molecule has 0 aliphatic carbocycles. The van der Waals surface area contributed by atoms with Gasteiger partial charge >= 0.3 is 0 Å². The summed E-state index contributed by atoms with van der Waals surface area (Å²) in [5.74, 6) is 0.352. The van der Waals surface area contributed by atoms with Crippen LogP contribution in [0.4, 0.5) is 5.69 Å². The van der Waals surface area contributed by atoms with Crippen LogP contribution in [0.2, 0.25) is 0 Å². The van der Waals surface area contributed by atoms with Crippen molar-refractivity contribution in [2.75, 3.05) is 19.5 Å². The molecule has 0 fully saturated rings. The SMILES string of the molecule is COc1ccc(S(=O)(=O)N2Cc3ccccc3C[C@@H]2C(=O)Nc2cccc(C)c2)cc1OC. The van der Waals surface area contributed by atoms with Gasteiger partial charge in [-0.2, -0.15) is 4.31 Å². The maximum atomic E-state index is 13.7. The lowest BCUT2D eigenvalue weighted by Crippen LogP contribution is -2.50. The van der Waals surface area contributed by atoms with E-state index in [1.165, 1.54) is 30.7 Å². The summed E-state index contributed by atoms with van der Waals surface area (Å²) in [4.78, 5) is 13.4. The second-order valence-corrected chi connectivity index (χ2v) is 9.80. The first-order valence-electron chi connectivity index (χ1n) is 10.5. The van der Waals surface area contributed by atoms with E-state index in [4.69, 9.17) is 9.47 Å². The van der Waals surface area contributed by atoms with Crippen molar-refractivity contribution in [3.63, 3.8) is 0 Å². The third-order valence-corrected chi connectivity index (χ3v) is 7.61. The summed E-state index contributed by atoms with van der Waals surface area (Å²) in [6.45, 7) is 2.03. The van der Waals surface area contributed by atoms with Gasteiger partial charge in [0.2, 0.25) is 15.9 Å². The zero-order chi connectivity index (χ0) is 23.6. The van der Waals surface area contributed by atoms with E-state index in [1.807, 2.05) is 49.4 Å². The molecule has 3 aromatic rings. The van der Waals surface area contributed by atoms with Crippen LogP contribution in [0.1, 0.15) is 16.7 Å². The number of carbonyl (C=O) groups is 1. The van der Waals surface area contributed by atoms with Crippen LogP contribution < -0.4 is 14.8 Å². The van der Waals surface area contributed by atoms with E-state index >= 15 is 0 Å². The lowest BCUT2D eigenvalue weighted by Gasteiger charge is -2.35. The fourth-order valence-corrected chi connectivity index (χ4v) is 5.62. The Hall–Kier alpha value is -3.36. The van der Waals surface area contributed by atoms with Crippen LogP contribution >= 0.6 is 0 Å². The van der Waals surface area contributed by atoms with Crippen LogP contribution in [-0.4, -0.2) is 38.9 Å². The molecule has 1 amide bonds. The molecule has 1 N–H and O–H groups in total. The Morgan fingerprint density at radius 1 is 0.939 bits per heavy atom. The monoisotopic (exact) mass is 466 g/mol. The second kappa shape index (κ2) is 9.25. The van der Waals surface area contributed by atoms with Crippen LogP contribution in [0.15, 0.2) is 71.6 Å². The van der Waals surface area contributed by atoms with Crippen molar-refractivity contribution >= 4 is 21.6 Å². The fraction of sp³-hybridized carbons (Fsp3) is 0.240. The summed E-state index contributed by atoms with van der Waals surface area (Å²) >= 11 is 0. The number of methoxy groups -OCH3 is 2.